The van der Waals surface area contributed by atoms with Gasteiger partial charge in [-0.05, 0) is 73.7 Å². The molecule has 0 spiro atoms. The Balaban J connectivity index is 1.55. The number of benzene rings is 3. The first-order valence-corrected chi connectivity index (χ1v) is 11.0. The van der Waals surface area contributed by atoms with Crippen LogP contribution >= 0.6 is 11.8 Å². The summed E-state index contributed by atoms with van der Waals surface area (Å²) in [5.74, 6) is 1.92. The number of Topliss-reactive ketones (excluding diaryl/α,β-unsaturated/α-hetero) is 1. The predicted molar refractivity (Wildman–Crippen MR) is 127 cm³/mol. The van der Waals surface area contributed by atoms with Crippen molar-refractivity contribution in [1.82, 2.24) is 0 Å². The highest BCUT2D eigenvalue weighted by Gasteiger charge is 2.12. The van der Waals surface area contributed by atoms with E-state index in [9.17, 15) is 9.59 Å². The summed E-state index contributed by atoms with van der Waals surface area (Å²) in [5.41, 5.74) is 1.77. The fraction of sp³-hybridized carbons (Fsp3) is 0.200. The van der Waals surface area contributed by atoms with Crippen molar-refractivity contribution in [3.05, 3.63) is 77.9 Å². The number of rotatable bonds is 10. The number of ketones is 1. The van der Waals surface area contributed by atoms with Crippen LogP contribution in [0.15, 0.2) is 71.6 Å². The molecular formula is C25H25NO5S. The lowest BCUT2D eigenvalue weighted by Gasteiger charge is -2.10. The van der Waals surface area contributed by atoms with Crippen molar-refractivity contribution in [1.29, 1.82) is 0 Å². The summed E-state index contributed by atoms with van der Waals surface area (Å²) in [6.07, 6.45) is 0. The second kappa shape index (κ2) is 11.2. The zero-order valence-corrected chi connectivity index (χ0v) is 19.0. The fourth-order valence-electron chi connectivity index (χ4n) is 2.95. The molecule has 1 N–H and O–H groups in total. The maximum atomic E-state index is 12.5. The lowest BCUT2D eigenvalue weighted by Crippen LogP contribution is -2.12. The minimum Gasteiger partial charge on any atom is -0.494 e. The van der Waals surface area contributed by atoms with Crippen LogP contribution in [0.5, 0.6) is 17.2 Å². The molecule has 6 nitrogen and oxygen atoms in total. The van der Waals surface area contributed by atoms with Crippen LogP contribution < -0.4 is 19.5 Å². The van der Waals surface area contributed by atoms with Gasteiger partial charge in [0.25, 0.3) is 5.91 Å². The van der Waals surface area contributed by atoms with Crippen LogP contribution in [0.4, 0.5) is 5.69 Å². The molecule has 7 heteroatoms. The number of carbonyl (C=O) groups excluding carboxylic acids is 2. The van der Waals surface area contributed by atoms with E-state index in [0.717, 1.165) is 10.6 Å². The maximum Gasteiger partial charge on any atom is 0.255 e. The van der Waals surface area contributed by atoms with Crippen molar-refractivity contribution >= 4 is 29.1 Å². The van der Waals surface area contributed by atoms with Crippen molar-refractivity contribution in [3.8, 4) is 17.2 Å². The zero-order valence-electron chi connectivity index (χ0n) is 18.2. The molecule has 0 radical (unpaired) electrons. The Hall–Kier alpha value is -3.45. The summed E-state index contributed by atoms with van der Waals surface area (Å²) < 4.78 is 15.8. The second-order valence-electron chi connectivity index (χ2n) is 6.72. The molecule has 0 bridgehead atoms. The topological polar surface area (TPSA) is 73.9 Å². The lowest BCUT2D eigenvalue weighted by molar-refractivity contribution is 0.101. The molecule has 0 unspecified atom stereocenters. The first kappa shape index (κ1) is 23.2. The second-order valence-corrected chi connectivity index (χ2v) is 7.77. The zero-order chi connectivity index (χ0) is 22.9. The number of methoxy groups -OCH3 is 2. The molecule has 166 valence electrons. The number of hydrogen-bond donors (Lipinski definition) is 1. The van der Waals surface area contributed by atoms with Gasteiger partial charge in [0, 0.05) is 21.7 Å². The number of thioether (sulfide) groups is 1. The average molecular weight is 452 g/mol. The van der Waals surface area contributed by atoms with Crippen molar-refractivity contribution in [2.45, 2.75) is 11.8 Å². The highest BCUT2D eigenvalue weighted by atomic mass is 32.2. The third kappa shape index (κ3) is 6.04. The van der Waals surface area contributed by atoms with Crippen LogP contribution in [0.25, 0.3) is 0 Å². The van der Waals surface area contributed by atoms with Gasteiger partial charge in [0.15, 0.2) is 17.3 Å². The van der Waals surface area contributed by atoms with Gasteiger partial charge in [-0.15, -0.1) is 11.8 Å². The van der Waals surface area contributed by atoms with Crippen molar-refractivity contribution in [2.75, 3.05) is 31.9 Å². The van der Waals surface area contributed by atoms with Crippen LogP contribution in [0.3, 0.4) is 0 Å². The van der Waals surface area contributed by atoms with Gasteiger partial charge < -0.3 is 19.5 Å². The third-order valence-corrected chi connectivity index (χ3v) is 5.63. The predicted octanol–water partition coefficient (Wildman–Crippen LogP) is 5.33. The van der Waals surface area contributed by atoms with E-state index in [0.29, 0.717) is 40.7 Å². The Kier molecular flexibility index (Phi) is 8.16. The molecule has 0 atom stereocenters. The molecule has 0 heterocycles. The molecule has 0 fully saturated rings. The molecule has 32 heavy (non-hydrogen) atoms. The lowest BCUT2D eigenvalue weighted by atomic mass is 10.1. The number of anilines is 1. The minimum atomic E-state index is -0.253. The van der Waals surface area contributed by atoms with Crippen molar-refractivity contribution in [3.63, 3.8) is 0 Å². The number of hydrogen-bond acceptors (Lipinski definition) is 6. The summed E-state index contributed by atoms with van der Waals surface area (Å²) in [4.78, 5) is 25.9. The Bertz CT molecular complexity index is 1060. The van der Waals surface area contributed by atoms with E-state index in [4.69, 9.17) is 14.2 Å². The van der Waals surface area contributed by atoms with E-state index in [2.05, 4.69) is 5.32 Å². The Morgan fingerprint density at radius 3 is 2.12 bits per heavy atom. The largest absolute Gasteiger partial charge is 0.494 e. The Labute approximate surface area is 191 Å². The first-order valence-electron chi connectivity index (χ1n) is 10.1. The minimum absolute atomic E-state index is 0.0453. The van der Waals surface area contributed by atoms with E-state index >= 15 is 0 Å². The standard InChI is InChI=1S/C25H25NO5S/c1-4-31-20-10-5-17(6-11-20)22(27)16-32-21-12-8-19(9-13-21)26-25(28)18-7-14-23(29-2)24(15-18)30-3/h5-15H,4,16H2,1-3H3,(H,26,28). The van der Waals surface area contributed by atoms with Crippen LogP contribution in [-0.2, 0) is 0 Å². The van der Waals surface area contributed by atoms with Gasteiger partial charge in [-0.2, -0.15) is 0 Å². The normalized spacial score (nSPS) is 10.3. The van der Waals surface area contributed by atoms with Gasteiger partial charge >= 0.3 is 0 Å². The molecule has 0 aromatic heterocycles. The van der Waals surface area contributed by atoms with Gasteiger partial charge in [-0.25, -0.2) is 0 Å². The van der Waals surface area contributed by atoms with Gasteiger partial charge in [0.05, 0.1) is 26.6 Å². The number of carbonyl (C=O) groups is 2. The molecular weight excluding hydrogens is 426 g/mol. The number of ether oxygens (including phenoxy) is 3. The Morgan fingerprint density at radius 1 is 0.844 bits per heavy atom. The highest BCUT2D eigenvalue weighted by Crippen LogP contribution is 2.28. The summed E-state index contributed by atoms with van der Waals surface area (Å²) in [5, 5.41) is 2.86. The first-order chi connectivity index (χ1) is 15.5. The molecule has 3 aromatic rings. The van der Waals surface area contributed by atoms with Gasteiger partial charge in [0.1, 0.15) is 5.75 Å². The van der Waals surface area contributed by atoms with E-state index in [1.165, 1.54) is 18.9 Å². The average Bonchev–Trinajstić information content (AvgIpc) is 2.83. The third-order valence-electron chi connectivity index (χ3n) is 4.62. The van der Waals surface area contributed by atoms with E-state index in [1.807, 2.05) is 31.2 Å². The number of amides is 1. The number of nitrogens with one attached hydrogen (secondary N) is 1. The Morgan fingerprint density at radius 2 is 1.50 bits per heavy atom. The molecule has 0 aliphatic rings. The van der Waals surface area contributed by atoms with E-state index < -0.39 is 0 Å². The van der Waals surface area contributed by atoms with Crippen LogP contribution in [0.2, 0.25) is 0 Å². The van der Waals surface area contributed by atoms with Crippen LogP contribution in [-0.4, -0.2) is 38.3 Å². The summed E-state index contributed by atoms with van der Waals surface area (Å²) in [6.45, 7) is 2.51. The van der Waals surface area contributed by atoms with Crippen molar-refractivity contribution < 1.29 is 23.8 Å². The van der Waals surface area contributed by atoms with Gasteiger partial charge in [-0.3, -0.25) is 9.59 Å². The molecule has 0 aliphatic carbocycles. The van der Waals surface area contributed by atoms with Crippen LogP contribution in [0.1, 0.15) is 27.6 Å². The van der Waals surface area contributed by atoms with Crippen molar-refractivity contribution in [2.24, 2.45) is 0 Å². The molecule has 1 amide bonds. The summed E-state index contributed by atoms with van der Waals surface area (Å²) >= 11 is 1.45. The van der Waals surface area contributed by atoms with E-state index in [-0.39, 0.29) is 11.7 Å². The molecule has 3 rings (SSSR count). The molecule has 0 aliphatic heterocycles. The maximum absolute atomic E-state index is 12.5. The SMILES string of the molecule is CCOc1ccc(C(=O)CSc2ccc(NC(=O)c3ccc(OC)c(OC)c3)cc2)cc1. The monoisotopic (exact) mass is 451 g/mol. The molecule has 0 saturated carbocycles. The van der Waals surface area contributed by atoms with E-state index in [1.54, 1.807) is 49.6 Å². The molecule has 0 saturated heterocycles. The van der Waals surface area contributed by atoms with Crippen LogP contribution in [0, 0.1) is 0 Å². The quantitative estimate of drug-likeness (QED) is 0.332. The van der Waals surface area contributed by atoms with Gasteiger partial charge in [-0.1, -0.05) is 0 Å². The smallest absolute Gasteiger partial charge is 0.255 e. The summed E-state index contributed by atoms with van der Waals surface area (Å²) in [6, 6.07) is 19.5. The fourth-order valence-corrected chi connectivity index (χ4v) is 3.74. The summed E-state index contributed by atoms with van der Waals surface area (Å²) in [7, 11) is 3.07. The van der Waals surface area contributed by atoms with Gasteiger partial charge in [0.2, 0.25) is 0 Å². The highest BCUT2D eigenvalue weighted by molar-refractivity contribution is 8.00. The molecule has 3 aromatic carbocycles.